The fraction of sp³-hybridized carbons (Fsp3) is 0.250. The fourth-order valence-corrected chi connectivity index (χ4v) is 1.90. The average Bonchev–Trinajstić information content (AvgIpc) is 2.43. The Bertz CT molecular complexity index is 579. The maximum absolute atomic E-state index is 5.29. The van der Waals surface area contributed by atoms with Gasteiger partial charge in [-0.3, -0.25) is 0 Å². The van der Waals surface area contributed by atoms with Gasteiger partial charge in [0.2, 0.25) is 0 Å². The molecule has 0 amide bonds. The third kappa shape index (κ3) is 2.99. The molecule has 0 fully saturated rings. The van der Waals surface area contributed by atoms with E-state index in [1.165, 1.54) is 11.1 Å². The third-order valence-electron chi connectivity index (χ3n) is 3.18. The summed E-state index contributed by atoms with van der Waals surface area (Å²) < 4.78 is 10.5. The highest BCUT2D eigenvalue weighted by molar-refractivity contribution is 5.64. The van der Waals surface area contributed by atoms with Crippen LogP contribution in [0.5, 0.6) is 11.5 Å². The molecule has 0 aromatic heterocycles. The van der Waals surface area contributed by atoms with E-state index in [4.69, 9.17) is 9.47 Å². The number of aryl methyl sites for hydroxylation is 2. The van der Waals surface area contributed by atoms with Gasteiger partial charge >= 0.3 is 0 Å². The van der Waals surface area contributed by atoms with Gasteiger partial charge in [0.05, 0.1) is 14.2 Å². The number of rotatable bonds is 4. The molecule has 0 spiro atoms. The zero-order valence-corrected chi connectivity index (χ0v) is 11.8. The molecule has 0 aliphatic rings. The van der Waals surface area contributed by atoms with Crippen molar-refractivity contribution in [3.05, 3.63) is 47.5 Å². The Kier molecular flexibility index (Phi) is 3.95. The molecular formula is C16H19NO2. The first-order valence-corrected chi connectivity index (χ1v) is 6.20. The van der Waals surface area contributed by atoms with Gasteiger partial charge in [-0.1, -0.05) is 6.07 Å². The predicted molar refractivity (Wildman–Crippen MR) is 78.7 cm³/mol. The third-order valence-corrected chi connectivity index (χ3v) is 3.18. The van der Waals surface area contributed by atoms with E-state index in [9.17, 15) is 0 Å². The molecule has 0 heterocycles. The second kappa shape index (κ2) is 5.65. The summed E-state index contributed by atoms with van der Waals surface area (Å²) in [7, 11) is 3.27. The molecule has 2 rings (SSSR count). The van der Waals surface area contributed by atoms with Crippen LogP contribution in [0.25, 0.3) is 0 Å². The van der Waals surface area contributed by atoms with Gasteiger partial charge in [0, 0.05) is 17.4 Å². The summed E-state index contributed by atoms with van der Waals surface area (Å²) in [6.45, 7) is 4.21. The van der Waals surface area contributed by atoms with Crippen LogP contribution in [0, 0.1) is 13.8 Å². The smallest absolute Gasteiger partial charge is 0.162 e. The van der Waals surface area contributed by atoms with Crippen LogP contribution in [0.3, 0.4) is 0 Å². The van der Waals surface area contributed by atoms with Gasteiger partial charge in [0.25, 0.3) is 0 Å². The lowest BCUT2D eigenvalue weighted by molar-refractivity contribution is 0.355. The zero-order chi connectivity index (χ0) is 13.8. The number of hydrogen-bond donors (Lipinski definition) is 1. The van der Waals surface area contributed by atoms with Gasteiger partial charge in [-0.05, 0) is 49.2 Å². The van der Waals surface area contributed by atoms with Crippen LogP contribution >= 0.6 is 0 Å². The molecule has 3 nitrogen and oxygen atoms in total. The minimum Gasteiger partial charge on any atom is -0.493 e. The Labute approximate surface area is 114 Å². The van der Waals surface area contributed by atoms with Crippen molar-refractivity contribution in [2.24, 2.45) is 0 Å². The summed E-state index contributed by atoms with van der Waals surface area (Å²) in [5, 5.41) is 3.36. The van der Waals surface area contributed by atoms with E-state index < -0.39 is 0 Å². The van der Waals surface area contributed by atoms with Gasteiger partial charge < -0.3 is 14.8 Å². The topological polar surface area (TPSA) is 30.5 Å². The standard InChI is InChI=1S/C16H19NO2/c1-11-5-6-13(9-12(11)2)17-14-7-8-15(18-3)16(10-14)19-4/h5-10,17H,1-4H3. The lowest BCUT2D eigenvalue weighted by atomic mass is 10.1. The number of hydrogen-bond acceptors (Lipinski definition) is 3. The monoisotopic (exact) mass is 257 g/mol. The van der Waals surface area contributed by atoms with E-state index in [0.717, 1.165) is 22.9 Å². The Hall–Kier alpha value is -2.16. The van der Waals surface area contributed by atoms with Crippen molar-refractivity contribution in [1.82, 2.24) is 0 Å². The SMILES string of the molecule is COc1ccc(Nc2ccc(C)c(C)c2)cc1OC. The summed E-state index contributed by atoms with van der Waals surface area (Å²) in [4.78, 5) is 0. The number of methoxy groups -OCH3 is 2. The van der Waals surface area contributed by atoms with Crippen LogP contribution in [0.15, 0.2) is 36.4 Å². The van der Waals surface area contributed by atoms with E-state index in [2.05, 4.69) is 37.4 Å². The van der Waals surface area contributed by atoms with E-state index >= 15 is 0 Å². The van der Waals surface area contributed by atoms with Crippen molar-refractivity contribution < 1.29 is 9.47 Å². The Morgan fingerprint density at radius 2 is 1.37 bits per heavy atom. The van der Waals surface area contributed by atoms with Gasteiger partial charge in [-0.25, -0.2) is 0 Å². The van der Waals surface area contributed by atoms with Gasteiger partial charge in [-0.2, -0.15) is 0 Å². The molecule has 19 heavy (non-hydrogen) atoms. The molecular weight excluding hydrogens is 238 g/mol. The number of ether oxygens (including phenoxy) is 2. The minimum absolute atomic E-state index is 0.719. The molecule has 0 saturated heterocycles. The molecule has 0 aliphatic carbocycles. The second-order valence-electron chi connectivity index (χ2n) is 4.49. The minimum atomic E-state index is 0.719. The number of anilines is 2. The van der Waals surface area contributed by atoms with Crippen LogP contribution < -0.4 is 14.8 Å². The summed E-state index contributed by atoms with van der Waals surface area (Å²) in [5.74, 6) is 1.45. The molecule has 3 heteroatoms. The quantitative estimate of drug-likeness (QED) is 0.895. The Balaban J connectivity index is 2.25. The summed E-state index contributed by atoms with van der Waals surface area (Å²) in [5.41, 5.74) is 4.60. The molecule has 2 aromatic carbocycles. The molecule has 0 radical (unpaired) electrons. The lowest BCUT2D eigenvalue weighted by Gasteiger charge is -2.12. The van der Waals surface area contributed by atoms with Crippen molar-refractivity contribution in [2.75, 3.05) is 19.5 Å². The van der Waals surface area contributed by atoms with Crippen LogP contribution in [-0.4, -0.2) is 14.2 Å². The lowest BCUT2D eigenvalue weighted by Crippen LogP contribution is -1.95. The summed E-state index contributed by atoms with van der Waals surface area (Å²) in [6.07, 6.45) is 0. The van der Waals surface area contributed by atoms with Crippen LogP contribution in [0.2, 0.25) is 0 Å². The van der Waals surface area contributed by atoms with Gasteiger partial charge in [-0.15, -0.1) is 0 Å². The van der Waals surface area contributed by atoms with E-state index in [1.807, 2.05) is 18.2 Å². The first kappa shape index (κ1) is 13.3. The highest BCUT2D eigenvalue weighted by Gasteiger charge is 2.05. The molecule has 0 bridgehead atoms. The van der Waals surface area contributed by atoms with E-state index in [0.29, 0.717) is 0 Å². The molecule has 1 N–H and O–H groups in total. The van der Waals surface area contributed by atoms with Crippen molar-refractivity contribution in [1.29, 1.82) is 0 Å². The van der Waals surface area contributed by atoms with Crippen molar-refractivity contribution >= 4 is 11.4 Å². The normalized spacial score (nSPS) is 10.1. The Morgan fingerprint density at radius 1 is 0.737 bits per heavy atom. The molecule has 0 aliphatic heterocycles. The fourth-order valence-electron chi connectivity index (χ4n) is 1.90. The number of benzene rings is 2. The van der Waals surface area contributed by atoms with Crippen LogP contribution in [0.4, 0.5) is 11.4 Å². The molecule has 0 unspecified atom stereocenters. The van der Waals surface area contributed by atoms with Crippen molar-refractivity contribution in [3.63, 3.8) is 0 Å². The van der Waals surface area contributed by atoms with Crippen molar-refractivity contribution in [3.8, 4) is 11.5 Å². The molecule has 0 atom stereocenters. The largest absolute Gasteiger partial charge is 0.493 e. The maximum Gasteiger partial charge on any atom is 0.162 e. The Morgan fingerprint density at radius 3 is 2.00 bits per heavy atom. The van der Waals surface area contributed by atoms with Crippen LogP contribution in [0.1, 0.15) is 11.1 Å². The molecule has 100 valence electrons. The highest BCUT2D eigenvalue weighted by Crippen LogP contribution is 2.31. The second-order valence-corrected chi connectivity index (χ2v) is 4.49. The van der Waals surface area contributed by atoms with Crippen molar-refractivity contribution in [2.45, 2.75) is 13.8 Å². The average molecular weight is 257 g/mol. The zero-order valence-electron chi connectivity index (χ0n) is 11.8. The van der Waals surface area contributed by atoms with E-state index in [-0.39, 0.29) is 0 Å². The van der Waals surface area contributed by atoms with Gasteiger partial charge in [0.15, 0.2) is 11.5 Å². The predicted octanol–water partition coefficient (Wildman–Crippen LogP) is 4.06. The maximum atomic E-state index is 5.29. The molecule has 0 saturated carbocycles. The molecule has 2 aromatic rings. The van der Waals surface area contributed by atoms with E-state index in [1.54, 1.807) is 14.2 Å². The van der Waals surface area contributed by atoms with Crippen LogP contribution in [-0.2, 0) is 0 Å². The summed E-state index contributed by atoms with van der Waals surface area (Å²) in [6, 6.07) is 12.1. The highest BCUT2D eigenvalue weighted by atomic mass is 16.5. The first-order chi connectivity index (χ1) is 9.13. The van der Waals surface area contributed by atoms with Gasteiger partial charge in [0.1, 0.15) is 0 Å². The first-order valence-electron chi connectivity index (χ1n) is 6.20. The number of nitrogens with one attached hydrogen (secondary N) is 1. The summed E-state index contributed by atoms with van der Waals surface area (Å²) >= 11 is 0.